The molecule has 3 aliphatic heterocycles. The minimum atomic E-state index is -3.84. The highest BCUT2D eigenvalue weighted by molar-refractivity contribution is 7.90. The molecule has 57 heavy (non-hydrogen) atoms. The quantitative estimate of drug-likeness (QED) is 0.183. The number of amides is 2. The molecule has 5 aliphatic rings. The van der Waals surface area contributed by atoms with E-state index in [0.717, 1.165) is 120 Å². The van der Waals surface area contributed by atoms with Crippen molar-refractivity contribution in [3.63, 3.8) is 0 Å². The average molecular weight is 793 g/mol. The molecule has 2 bridgehead atoms. The minimum absolute atomic E-state index is 0.0376. The number of ether oxygens (including phenoxy) is 1. The van der Waals surface area contributed by atoms with E-state index in [1.54, 1.807) is 27.0 Å². The van der Waals surface area contributed by atoms with Crippen LogP contribution in [0.5, 0.6) is 5.75 Å². The summed E-state index contributed by atoms with van der Waals surface area (Å²) < 4.78 is 38.4. The first-order chi connectivity index (χ1) is 27.3. The number of carbonyl (C=O) groups is 2. The summed E-state index contributed by atoms with van der Waals surface area (Å²) in [6, 6.07) is 12.5. The molecule has 2 saturated heterocycles. The zero-order valence-electron chi connectivity index (χ0n) is 34.2. The molecule has 4 fully saturated rings. The molecule has 0 spiro atoms. The van der Waals surface area contributed by atoms with E-state index in [4.69, 9.17) is 9.84 Å². The maximum Gasteiger partial charge on any atom is 0.264 e. The van der Waals surface area contributed by atoms with Gasteiger partial charge in [-0.2, -0.15) is 5.10 Å². The van der Waals surface area contributed by atoms with Crippen molar-refractivity contribution in [1.82, 2.24) is 28.9 Å². The molecule has 2 atom stereocenters. The first-order valence-electron chi connectivity index (χ1n) is 21.1. The van der Waals surface area contributed by atoms with Crippen LogP contribution in [0, 0.1) is 0 Å². The Hall–Kier alpha value is -4.42. The molecule has 9 rings (SSSR count). The van der Waals surface area contributed by atoms with Crippen LogP contribution in [0.3, 0.4) is 0 Å². The Morgan fingerprint density at radius 1 is 0.877 bits per heavy atom. The lowest BCUT2D eigenvalue weighted by molar-refractivity contribution is 0.0470. The summed E-state index contributed by atoms with van der Waals surface area (Å²) in [7, 11) is 0.00743. The maximum absolute atomic E-state index is 15.3. The molecule has 2 amide bonds. The van der Waals surface area contributed by atoms with Gasteiger partial charge in [-0.1, -0.05) is 39.2 Å². The van der Waals surface area contributed by atoms with Crippen molar-refractivity contribution < 1.29 is 22.7 Å². The van der Waals surface area contributed by atoms with Gasteiger partial charge in [0.25, 0.3) is 11.8 Å². The number of piperazine rings is 1. The lowest BCUT2D eigenvalue weighted by Crippen LogP contribution is -2.54. The van der Waals surface area contributed by atoms with Crippen LogP contribution in [0.1, 0.15) is 147 Å². The third kappa shape index (κ3) is 6.60. The Morgan fingerprint density at radius 3 is 2.23 bits per heavy atom. The standard InChI is InChI=1S/C45H56N6O5S/c1-26(2)41-40(45(53)50-33-15-16-34(50)25-48(5)24-33)42(51(46-41)32-13-14-32)31-20-30-21-35(56-6)17-19-36(30)43-39(28-10-8-7-9-11-28)37-18-12-29(22-38(37)49(43)23-31)44(52)47-57(54,55)27(3)4/h12,17-22,26-28,32-34H,7-11,13-16,23-25H2,1-6H3,(H,47,52). The molecule has 2 unspecified atom stereocenters. The van der Waals surface area contributed by atoms with Gasteiger partial charge in [0.1, 0.15) is 5.75 Å². The largest absolute Gasteiger partial charge is 0.497 e. The number of allylic oxidation sites excluding steroid dienone is 1. The van der Waals surface area contributed by atoms with Crippen LogP contribution in [0.15, 0.2) is 36.4 Å². The Labute approximate surface area is 336 Å². The Bertz CT molecular complexity index is 2400. The Morgan fingerprint density at radius 2 is 1.58 bits per heavy atom. The maximum atomic E-state index is 15.3. The second-order valence-electron chi connectivity index (χ2n) is 17.8. The number of sulfonamides is 1. The molecule has 11 nitrogen and oxygen atoms in total. The molecule has 5 heterocycles. The number of hydrogen-bond acceptors (Lipinski definition) is 7. The van der Waals surface area contributed by atoms with E-state index in [2.05, 4.69) is 62.9 Å². The van der Waals surface area contributed by atoms with Gasteiger partial charge in [-0.05, 0) is 124 Å². The molecular weight excluding hydrogens is 737 g/mol. The molecule has 2 aromatic heterocycles. The van der Waals surface area contributed by atoms with E-state index in [1.807, 2.05) is 18.2 Å². The second kappa shape index (κ2) is 14.4. The zero-order valence-corrected chi connectivity index (χ0v) is 35.0. The van der Waals surface area contributed by atoms with Crippen LogP contribution in [0.25, 0.3) is 33.8 Å². The van der Waals surface area contributed by atoms with Gasteiger partial charge in [-0.15, -0.1) is 0 Å². The zero-order chi connectivity index (χ0) is 39.9. The number of nitrogens with zero attached hydrogens (tertiary/aromatic N) is 5. The molecule has 2 aromatic carbocycles. The number of likely N-dealkylation sites (tertiary alicyclic amines) is 1. The molecule has 4 aromatic rings. The monoisotopic (exact) mass is 792 g/mol. The number of benzene rings is 2. The predicted molar refractivity (Wildman–Crippen MR) is 224 cm³/mol. The molecule has 0 radical (unpaired) electrons. The van der Waals surface area contributed by atoms with Crippen LogP contribution in [0.2, 0.25) is 0 Å². The number of hydrogen-bond donors (Lipinski definition) is 1. The minimum Gasteiger partial charge on any atom is -0.497 e. The fraction of sp³-hybridized carbons (Fsp3) is 0.533. The number of aromatic nitrogens is 3. The highest BCUT2D eigenvalue weighted by Gasteiger charge is 2.45. The highest BCUT2D eigenvalue weighted by atomic mass is 32.2. The molecule has 302 valence electrons. The van der Waals surface area contributed by atoms with E-state index in [0.29, 0.717) is 18.0 Å². The van der Waals surface area contributed by atoms with Gasteiger partial charge >= 0.3 is 0 Å². The summed E-state index contributed by atoms with van der Waals surface area (Å²) >= 11 is 0. The summed E-state index contributed by atoms with van der Waals surface area (Å²) in [6.07, 6.45) is 12.0. The van der Waals surface area contributed by atoms with Crippen molar-refractivity contribution in [3.05, 3.63) is 70.0 Å². The van der Waals surface area contributed by atoms with Gasteiger partial charge in [-0.3, -0.25) is 14.3 Å². The van der Waals surface area contributed by atoms with E-state index < -0.39 is 21.2 Å². The number of methoxy groups -OCH3 is 1. The SMILES string of the molecule is COc1ccc2c(c1)C=C(c1c(C(=O)N3C4CCC3CN(C)C4)c(C(C)C)nn1C1CC1)Cn1c-2c(C2CCCCC2)c2ccc(C(=O)NS(=O)(=O)C(C)C)cc21. The van der Waals surface area contributed by atoms with E-state index in [-0.39, 0.29) is 30.0 Å². The summed E-state index contributed by atoms with van der Waals surface area (Å²) in [4.78, 5) is 33.5. The lowest BCUT2D eigenvalue weighted by Gasteiger charge is -2.39. The number of likely N-dealkylation sites (N-methyl/N-ethyl adjacent to an activating group) is 1. The second-order valence-corrected chi connectivity index (χ2v) is 20.1. The van der Waals surface area contributed by atoms with E-state index in [9.17, 15) is 13.2 Å². The number of nitrogens with one attached hydrogen (secondary N) is 1. The third-order valence-corrected chi connectivity index (χ3v) is 14.9. The van der Waals surface area contributed by atoms with Crippen molar-refractivity contribution in [3.8, 4) is 17.0 Å². The summed E-state index contributed by atoms with van der Waals surface area (Å²) in [5.41, 5.74) is 9.09. The van der Waals surface area contributed by atoms with E-state index >= 15 is 4.79 Å². The predicted octanol–water partition coefficient (Wildman–Crippen LogP) is 7.96. The van der Waals surface area contributed by atoms with E-state index in [1.165, 1.54) is 12.0 Å². The summed E-state index contributed by atoms with van der Waals surface area (Å²) in [6.45, 7) is 9.59. The molecule has 2 aliphatic carbocycles. The van der Waals surface area contributed by atoms with Gasteiger partial charge in [0, 0.05) is 47.2 Å². The number of carbonyl (C=O) groups excluding carboxylic acids is 2. The summed E-state index contributed by atoms with van der Waals surface area (Å²) in [5, 5.41) is 5.65. The van der Waals surface area contributed by atoms with Crippen molar-refractivity contribution in [2.24, 2.45) is 0 Å². The average Bonchev–Trinajstić information content (AvgIpc) is 3.84. The normalized spacial score (nSPS) is 21.5. The Kier molecular flexibility index (Phi) is 9.66. The van der Waals surface area contributed by atoms with Gasteiger partial charge < -0.3 is 19.1 Å². The molecule has 1 N–H and O–H groups in total. The third-order valence-electron chi connectivity index (χ3n) is 13.2. The molecular formula is C45H56N6O5S. The summed E-state index contributed by atoms with van der Waals surface area (Å²) in [5.74, 6) is 0.559. The highest BCUT2D eigenvalue weighted by Crippen LogP contribution is 2.49. The molecule has 2 saturated carbocycles. The van der Waals surface area contributed by atoms with Crippen molar-refractivity contribution in [1.29, 1.82) is 0 Å². The van der Waals surface area contributed by atoms with Crippen molar-refractivity contribution in [2.75, 3.05) is 27.2 Å². The van der Waals surface area contributed by atoms with Crippen LogP contribution in [-0.2, 0) is 16.6 Å². The topological polar surface area (TPSA) is 119 Å². The first kappa shape index (κ1) is 38.1. The molecule has 12 heteroatoms. The number of fused-ring (bicyclic) bond motifs is 7. The number of rotatable bonds is 9. The van der Waals surface area contributed by atoms with Crippen molar-refractivity contribution in [2.45, 2.75) is 127 Å². The lowest BCUT2D eigenvalue weighted by atomic mass is 9.81. The van der Waals surface area contributed by atoms with Crippen LogP contribution < -0.4 is 9.46 Å². The fourth-order valence-electron chi connectivity index (χ4n) is 10.2. The smallest absolute Gasteiger partial charge is 0.264 e. The van der Waals surface area contributed by atoms with Gasteiger partial charge in [0.2, 0.25) is 10.0 Å². The fourth-order valence-corrected chi connectivity index (χ4v) is 10.8. The van der Waals surface area contributed by atoms with Crippen molar-refractivity contribution >= 4 is 44.4 Å². The van der Waals surface area contributed by atoms with Gasteiger partial charge in [-0.25, -0.2) is 13.1 Å². The Balaban J connectivity index is 1.28. The van der Waals surface area contributed by atoms with Gasteiger partial charge in [0.05, 0.1) is 47.6 Å². The first-order valence-corrected chi connectivity index (χ1v) is 22.6. The van der Waals surface area contributed by atoms with Crippen LogP contribution in [0.4, 0.5) is 0 Å². The van der Waals surface area contributed by atoms with Crippen LogP contribution in [-0.4, -0.2) is 89.0 Å². The van der Waals surface area contributed by atoms with Crippen LogP contribution >= 0.6 is 0 Å². The van der Waals surface area contributed by atoms with Gasteiger partial charge in [0.15, 0.2) is 0 Å².